The van der Waals surface area contributed by atoms with Crippen LogP contribution in [0, 0.1) is 5.92 Å². The van der Waals surface area contributed by atoms with Crippen LogP contribution in [0.5, 0.6) is 0 Å². The summed E-state index contributed by atoms with van der Waals surface area (Å²) in [6, 6.07) is 0. The predicted molar refractivity (Wildman–Crippen MR) is 151 cm³/mol. The van der Waals surface area contributed by atoms with Gasteiger partial charge in [-0.1, -0.05) is 31.4 Å². The van der Waals surface area contributed by atoms with Gasteiger partial charge in [0.25, 0.3) is 0 Å². The maximum Gasteiger partial charge on any atom is 0.388 e. The molecule has 3 fully saturated rings. The molecule has 23 heteroatoms. The van der Waals surface area contributed by atoms with Crippen LogP contribution in [0.25, 0.3) is 22.3 Å². The van der Waals surface area contributed by atoms with E-state index in [1.54, 1.807) is 6.92 Å². The van der Waals surface area contributed by atoms with E-state index < -0.39 is 69.3 Å². The zero-order chi connectivity index (χ0) is 30.3. The summed E-state index contributed by atoms with van der Waals surface area (Å²) in [5.41, 5.74) is 12.5. The number of nitrogen functional groups attached to an aromatic ring is 2. The van der Waals surface area contributed by atoms with Gasteiger partial charge in [0.2, 0.25) is 5.79 Å². The largest absolute Gasteiger partial charge is 0.388 e. The highest BCUT2D eigenvalue weighted by molar-refractivity contribution is 8.44. The van der Waals surface area contributed by atoms with Gasteiger partial charge < -0.3 is 20.9 Å². The summed E-state index contributed by atoms with van der Waals surface area (Å²) < 4.78 is 81.3. The van der Waals surface area contributed by atoms with E-state index in [0.717, 1.165) is 17.2 Å². The van der Waals surface area contributed by atoms with Crippen molar-refractivity contribution in [3.05, 3.63) is 25.3 Å². The molecule has 0 amide bonds. The number of anilines is 2. The Hall–Kier alpha value is -2.45. The molecule has 0 aromatic carbocycles. The van der Waals surface area contributed by atoms with Crippen molar-refractivity contribution >= 4 is 72.1 Å². The first kappa shape index (κ1) is 29.3. The third-order valence-corrected chi connectivity index (χ3v) is 10.5. The number of nitrogens with zero attached hydrogens (tertiary/aromatic N) is 8. The first-order chi connectivity index (χ1) is 20.4. The van der Waals surface area contributed by atoms with Crippen LogP contribution in [0.4, 0.5) is 16.0 Å². The van der Waals surface area contributed by atoms with Gasteiger partial charge in [-0.15, -0.1) is 0 Å². The average Bonchev–Trinajstić information content (AvgIpc) is 3.70. The van der Waals surface area contributed by atoms with Crippen molar-refractivity contribution in [1.29, 1.82) is 0 Å². The Morgan fingerprint density at radius 3 is 2.37 bits per heavy atom. The van der Waals surface area contributed by atoms with Crippen molar-refractivity contribution in [2.45, 2.75) is 43.5 Å². The van der Waals surface area contributed by atoms with E-state index in [0.29, 0.717) is 0 Å². The van der Waals surface area contributed by atoms with E-state index in [4.69, 9.17) is 39.0 Å². The van der Waals surface area contributed by atoms with Crippen LogP contribution in [0.1, 0.15) is 13.2 Å². The molecule has 0 spiro atoms. The number of hydrogen-bond acceptors (Lipinski definition) is 16. The van der Waals surface area contributed by atoms with E-state index in [-0.39, 0.29) is 34.0 Å². The number of fused-ring (bicyclic) bond motifs is 5. The topological polar surface area (TPSA) is 229 Å². The van der Waals surface area contributed by atoms with Crippen molar-refractivity contribution in [2.75, 3.05) is 24.7 Å². The molecular weight excluding hydrogens is 653 g/mol. The van der Waals surface area contributed by atoms with Gasteiger partial charge in [0.1, 0.15) is 42.5 Å². The summed E-state index contributed by atoms with van der Waals surface area (Å²) in [5.74, 6) is -3.24. The standard InChI is InChI=1S/C20H23FN10O8P2S2/c1-8-12-18(30-6-28-10-14(22)24-4-26-16(10)30)36-19(8)39-41(33,43)38-13-9(2-35-40(32,42)37-12)34-3-20(13,21)31-7-29-11-15(23)25-5-27-17(11)31/h4-9,12-13,18-19H,2-3H2,1H3,(H,32,42)(H,33,43)(H2,22,24,26)(H2,23,25,27)/t8-,9+,12+,13+,18+,19+,20+,40?,41?/m0/s1. The number of halogens is 1. The van der Waals surface area contributed by atoms with Crippen molar-refractivity contribution in [3.63, 3.8) is 0 Å². The smallest absolute Gasteiger partial charge is 0.382 e. The normalized spacial score (nSPS) is 38.6. The fourth-order valence-corrected chi connectivity index (χ4v) is 8.50. The number of ether oxygens (including phenoxy) is 2. The predicted octanol–water partition coefficient (Wildman–Crippen LogP) is 2.24. The van der Waals surface area contributed by atoms with Crippen LogP contribution in [-0.2, 0) is 42.5 Å². The lowest BCUT2D eigenvalue weighted by atomic mass is 10.1. The molecule has 18 nitrogen and oxygen atoms in total. The Morgan fingerprint density at radius 1 is 0.953 bits per heavy atom. The molecule has 3 aliphatic rings. The second-order valence-electron chi connectivity index (χ2n) is 9.99. The fourth-order valence-electron chi connectivity index (χ4n) is 5.25. The van der Waals surface area contributed by atoms with Gasteiger partial charge in [0.15, 0.2) is 41.6 Å². The molecular formula is C20H23FN10O8P2S2. The lowest BCUT2D eigenvalue weighted by Gasteiger charge is -2.32. The SMILES string of the molecule is C[C@@H]1[C@@H]2O[C@@H](n3cnc4c(N)ncnc43)[C@@H]1OP(=O)(S)OC[C@H]1OC[C@@](F)(n3cnc4c(N)ncnc43)[C@@H]1OP(=O)(S)O2. The molecule has 4 aromatic rings. The Balaban J connectivity index is 1.26. The number of aromatic nitrogens is 8. The molecule has 4 N–H and O–H groups in total. The minimum Gasteiger partial charge on any atom is -0.382 e. The van der Waals surface area contributed by atoms with Gasteiger partial charge in [0.05, 0.1) is 19.3 Å². The third kappa shape index (κ3) is 4.91. The van der Waals surface area contributed by atoms with Gasteiger partial charge in [-0.25, -0.2) is 43.4 Å². The van der Waals surface area contributed by atoms with Crippen LogP contribution in [0.2, 0.25) is 0 Å². The number of nitrogens with two attached hydrogens (primary N) is 2. The second-order valence-corrected chi connectivity index (χ2v) is 15.7. The molecule has 43 heavy (non-hydrogen) atoms. The molecule has 0 radical (unpaired) electrons. The van der Waals surface area contributed by atoms with Crippen molar-refractivity contribution in [2.24, 2.45) is 5.92 Å². The molecule has 0 saturated carbocycles. The molecule has 3 saturated heterocycles. The maximum atomic E-state index is 17.0. The molecule has 9 atom stereocenters. The summed E-state index contributed by atoms with van der Waals surface area (Å²) in [4.78, 5) is 24.4. The highest BCUT2D eigenvalue weighted by Gasteiger charge is 2.58. The van der Waals surface area contributed by atoms with Gasteiger partial charge in [-0.05, 0) is 0 Å². The maximum absolute atomic E-state index is 17.0. The lowest BCUT2D eigenvalue weighted by Crippen LogP contribution is -2.45. The summed E-state index contributed by atoms with van der Waals surface area (Å²) in [6.45, 7) is -8.21. The average molecular weight is 677 g/mol. The minimum absolute atomic E-state index is 0.0124. The zero-order valence-corrected chi connectivity index (χ0v) is 25.4. The molecule has 7 heterocycles. The molecule has 2 unspecified atom stereocenters. The minimum atomic E-state index is -4.45. The van der Waals surface area contributed by atoms with Crippen LogP contribution in [0.3, 0.4) is 0 Å². The Kier molecular flexibility index (Phi) is 7.01. The molecule has 0 aliphatic carbocycles. The molecule has 2 bridgehead atoms. The molecule has 230 valence electrons. The van der Waals surface area contributed by atoms with E-state index in [1.165, 1.54) is 17.2 Å². The third-order valence-electron chi connectivity index (χ3n) is 7.34. The molecule has 7 rings (SSSR count). The van der Waals surface area contributed by atoms with E-state index >= 15 is 4.39 Å². The quantitative estimate of drug-likeness (QED) is 0.176. The molecule has 4 aromatic heterocycles. The summed E-state index contributed by atoms with van der Waals surface area (Å²) >= 11 is 8.29. The Labute approximate surface area is 251 Å². The Morgan fingerprint density at radius 2 is 1.63 bits per heavy atom. The molecule has 3 aliphatic heterocycles. The van der Waals surface area contributed by atoms with Gasteiger partial charge in [0, 0.05) is 5.92 Å². The van der Waals surface area contributed by atoms with E-state index in [1.807, 2.05) is 0 Å². The summed E-state index contributed by atoms with van der Waals surface area (Å²) in [6.07, 6.45) is -1.65. The second kappa shape index (κ2) is 10.3. The number of alkyl halides is 1. The fraction of sp³-hybridized carbons (Fsp3) is 0.500. The first-order valence-electron chi connectivity index (χ1n) is 12.6. The number of thiol groups is 2. The highest BCUT2D eigenvalue weighted by Crippen LogP contribution is 2.63. The van der Waals surface area contributed by atoms with Gasteiger partial charge in [-0.2, -0.15) is 0 Å². The first-order valence-corrected chi connectivity index (χ1v) is 17.9. The number of imidazole rings is 2. The van der Waals surface area contributed by atoms with Crippen molar-refractivity contribution in [3.8, 4) is 0 Å². The zero-order valence-electron chi connectivity index (χ0n) is 21.9. The van der Waals surface area contributed by atoms with Crippen LogP contribution in [0.15, 0.2) is 25.3 Å². The van der Waals surface area contributed by atoms with Gasteiger partial charge in [-0.3, -0.25) is 27.2 Å². The van der Waals surface area contributed by atoms with E-state index in [2.05, 4.69) is 54.4 Å². The Bertz CT molecular complexity index is 1830. The number of hydrogen-bond donors (Lipinski definition) is 4. The van der Waals surface area contributed by atoms with Crippen molar-refractivity contribution < 1.29 is 41.1 Å². The summed E-state index contributed by atoms with van der Waals surface area (Å²) in [5, 5.41) is 0. The highest BCUT2D eigenvalue weighted by atomic mass is 32.7. The van der Waals surface area contributed by atoms with E-state index in [9.17, 15) is 9.13 Å². The van der Waals surface area contributed by atoms with Crippen molar-refractivity contribution in [1.82, 2.24) is 39.0 Å². The lowest BCUT2D eigenvalue weighted by molar-refractivity contribution is -0.119. The van der Waals surface area contributed by atoms with Crippen LogP contribution in [-0.4, -0.2) is 76.9 Å². The monoisotopic (exact) mass is 676 g/mol. The summed E-state index contributed by atoms with van der Waals surface area (Å²) in [7, 11) is 0. The van der Waals surface area contributed by atoms with Crippen LogP contribution >= 0.6 is 38.1 Å². The van der Waals surface area contributed by atoms with Gasteiger partial charge >= 0.3 is 13.6 Å². The number of rotatable bonds is 2. The van der Waals surface area contributed by atoms with Crippen LogP contribution < -0.4 is 11.5 Å².